The zero-order valence-corrected chi connectivity index (χ0v) is 11.3. The van der Waals surface area contributed by atoms with Gasteiger partial charge in [0, 0.05) is 5.56 Å². The average molecular weight is 264 g/mol. The van der Waals surface area contributed by atoms with Crippen molar-refractivity contribution >= 4 is 0 Å². The summed E-state index contributed by atoms with van der Waals surface area (Å²) in [5.74, 6) is 0. The van der Waals surface area contributed by atoms with Crippen molar-refractivity contribution in [1.82, 2.24) is 0 Å². The number of benzene rings is 2. The molecule has 1 heterocycles. The lowest BCUT2D eigenvalue weighted by Gasteiger charge is -2.12. The second-order valence-electron chi connectivity index (χ2n) is 4.90. The monoisotopic (exact) mass is 264 g/mol. The van der Waals surface area contributed by atoms with Crippen molar-refractivity contribution in [2.75, 3.05) is 0 Å². The number of aliphatic hydroxyl groups is 1. The molecule has 0 amide bonds. The van der Waals surface area contributed by atoms with E-state index in [9.17, 15) is 5.11 Å². The fourth-order valence-electron chi connectivity index (χ4n) is 2.42. The van der Waals surface area contributed by atoms with E-state index in [1.807, 2.05) is 30.3 Å². The molecule has 2 aromatic carbocycles. The molecule has 3 rings (SSSR count). The summed E-state index contributed by atoms with van der Waals surface area (Å²) in [5.41, 5.74) is 5.18. The normalized spacial score (nSPS) is 12.3. The Morgan fingerprint density at radius 3 is 2.40 bits per heavy atom. The molecule has 0 bridgehead atoms. The third-order valence-corrected chi connectivity index (χ3v) is 3.51. The van der Waals surface area contributed by atoms with Crippen LogP contribution in [0.15, 0.2) is 71.5 Å². The quantitative estimate of drug-likeness (QED) is 0.763. The van der Waals surface area contributed by atoms with E-state index in [0.717, 1.165) is 16.7 Å². The average Bonchev–Trinajstić information content (AvgIpc) is 3.01. The molecule has 0 aliphatic heterocycles. The Balaban J connectivity index is 1.96. The molecule has 20 heavy (non-hydrogen) atoms. The number of aryl methyl sites for hydroxylation is 1. The van der Waals surface area contributed by atoms with Gasteiger partial charge < -0.3 is 9.52 Å². The van der Waals surface area contributed by atoms with E-state index < -0.39 is 6.10 Å². The smallest absolute Gasteiger partial charge is 0.107 e. The van der Waals surface area contributed by atoms with Gasteiger partial charge in [0.05, 0.1) is 12.5 Å². The maximum atomic E-state index is 10.3. The van der Waals surface area contributed by atoms with Crippen molar-refractivity contribution in [3.63, 3.8) is 0 Å². The molecule has 0 aliphatic rings. The maximum absolute atomic E-state index is 10.3. The lowest BCUT2D eigenvalue weighted by molar-refractivity contribution is 0.219. The van der Waals surface area contributed by atoms with Crippen molar-refractivity contribution in [3.8, 4) is 11.1 Å². The first-order chi connectivity index (χ1) is 9.75. The second-order valence-corrected chi connectivity index (χ2v) is 4.90. The van der Waals surface area contributed by atoms with Crippen LogP contribution in [0.5, 0.6) is 0 Å². The van der Waals surface area contributed by atoms with Gasteiger partial charge in [-0.05, 0) is 35.2 Å². The first-order valence-electron chi connectivity index (χ1n) is 6.62. The lowest BCUT2D eigenvalue weighted by atomic mass is 9.95. The van der Waals surface area contributed by atoms with Gasteiger partial charge in [-0.2, -0.15) is 0 Å². The summed E-state index contributed by atoms with van der Waals surface area (Å²) in [6, 6.07) is 18.1. The Morgan fingerprint density at radius 2 is 1.75 bits per heavy atom. The number of hydrogen-bond acceptors (Lipinski definition) is 2. The molecule has 0 saturated heterocycles. The van der Waals surface area contributed by atoms with E-state index in [2.05, 4.69) is 25.1 Å². The summed E-state index contributed by atoms with van der Waals surface area (Å²) in [6.07, 6.45) is 2.51. The van der Waals surface area contributed by atoms with Gasteiger partial charge in [-0.15, -0.1) is 0 Å². The highest BCUT2D eigenvalue weighted by Crippen LogP contribution is 2.28. The van der Waals surface area contributed by atoms with Gasteiger partial charge in [-0.3, -0.25) is 0 Å². The van der Waals surface area contributed by atoms with E-state index in [4.69, 9.17) is 4.42 Å². The molecule has 2 heteroatoms. The lowest BCUT2D eigenvalue weighted by Crippen LogP contribution is -1.99. The summed E-state index contributed by atoms with van der Waals surface area (Å²) in [4.78, 5) is 0. The van der Waals surface area contributed by atoms with Crippen LogP contribution in [0.25, 0.3) is 11.1 Å². The van der Waals surface area contributed by atoms with Gasteiger partial charge in [0.15, 0.2) is 0 Å². The molecule has 0 saturated carbocycles. The highest BCUT2D eigenvalue weighted by molar-refractivity contribution is 5.67. The molecular weight excluding hydrogens is 248 g/mol. The van der Waals surface area contributed by atoms with Gasteiger partial charge in [0.25, 0.3) is 0 Å². The topological polar surface area (TPSA) is 33.4 Å². The molecule has 0 fully saturated rings. The molecule has 0 radical (unpaired) electrons. The van der Waals surface area contributed by atoms with Gasteiger partial charge in [-0.25, -0.2) is 0 Å². The van der Waals surface area contributed by atoms with Gasteiger partial charge in [0.2, 0.25) is 0 Å². The van der Waals surface area contributed by atoms with E-state index in [-0.39, 0.29) is 0 Å². The highest BCUT2D eigenvalue weighted by Gasteiger charge is 2.13. The predicted octanol–water partition coefficient (Wildman–Crippen LogP) is 4.34. The first kappa shape index (κ1) is 12.7. The minimum absolute atomic E-state index is 0.641. The molecule has 1 atom stereocenters. The van der Waals surface area contributed by atoms with Gasteiger partial charge in [0.1, 0.15) is 6.10 Å². The predicted molar refractivity (Wildman–Crippen MR) is 79.4 cm³/mol. The molecular formula is C18H16O2. The molecule has 2 nitrogen and oxygen atoms in total. The van der Waals surface area contributed by atoms with E-state index in [1.165, 1.54) is 11.1 Å². The Kier molecular flexibility index (Phi) is 3.40. The summed E-state index contributed by atoms with van der Waals surface area (Å²) < 4.78 is 5.02. The van der Waals surface area contributed by atoms with Crippen LogP contribution in [-0.2, 0) is 0 Å². The Hall–Kier alpha value is -2.32. The SMILES string of the molecule is Cc1cc([C@H](O)c2ccoc2)ccc1-c1ccccc1. The number of aliphatic hydroxyl groups excluding tert-OH is 1. The van der Waals surface area contributed by atoms with Crippen LogP contribution in [0.3, 0.4) is 0 Å². The minimum atomic E-state index is -0.641. The molecule has 0 aliphatic carbocycles. The van der Waals surface area contributed by atoms with Crippen molar-refractivity contribution in [1.29, 1.82) is 0 Å². The summed E-state index contributed by atoms with van der Waals surface area (Å²) in [6.45, 7) is 2.06. The van der Waals surface area contributed by atoms with Crippen LogP contribution >= 0.6 is 0 Å². The van der Waals surface area contributed by atoms with Crippen LogP contribution in [0.4, 0.5) is 0 Å². The maximum Gasteiger partial charge on any atom is 0.107 e. The Labute approximate surface area is 118 Å². The van der Waals surface area contributed by atoms with Crippen LogP contribution < -0.4 is 0 Å². The Bertz CT molecular complexity index is 685. The van der Waals surface area contributed by atoms with Gasteiger partial charge >= 0.3 is 0 Å². The fourth-order valence-corrected chi connectivity index (χ4v) is 2.42. The minimum Gasteiger partial charge on any atom is -0.472 e. The van der Waals surface area contributed by atoms with Gasteiger partial charge in [-0.1, -0.05) is 48.5 Å². The number of hydrogen-bond donors (Lipinski definition) is 1. The van der Waals surface area contributed by atoms with Crippen molar-refractivity contribution < 1.29 is 9.52 Å². The Morgan fingerprint density at radius 1 is 0.950 bits per heavy atom. The van der Waals surface area contributed by atoms with Crippen LogP contribution in [-0.4, -0.2) is 5.11 Å². The fraction of sp³-hybridized carbons (Fsp3) is 0.111. The standard InChI is InChI=1S/C18H16O2/c1-13-11-15(18(19)16-9-10-20-12-16)7-8-17(13)14-5-3-2-4-6-14/h2-12,18-19H,1H3/t18-/m0/s1. The van der Waals surface area contributed by atoms with E-state index in [0.29, 0.717) is 0 Å². The highest BCUT2D eigenvalue weighted by atomic mass is 16.3. The number of furan rings is 1. The van der Waals surface area contributed by atoms with Crippen molar-refractivity contribution in [2.24, 2.45) is 0 Å². The van der Waals surface area contributed by atoms with Crippen LogP contribution in [0.1, 0.15) is 22.8 Å². The molecule has 0 unspecified atom stereocenters. The largest absolute Gasteiger partial charge is 0.472 e. The summed E-state index contributed by atoms with van der Waals surface area (Å²) in [5, 5.41) is 10.3. The molecule has 3 aromatic rings. The molecule has 100 valence electrons. The summed E-state index contributed by atoms with van der Waals surface area (Å²) in [7, 11) is 0. The van der Waals surface area contributed by atoms with E-state index in [1.54, 1.807) is 18.6 Å². The van der Waals surface area contributed by atoms with Crippen LogP contribution in [0, 0.1) is 6.92 Å². The van der Waals surface area contributed by atoms with Crippen molar-refractivity contribution in [2.45, 2.75) is 13.0 Å². The second kappa shape index (κ2) is 5.35. The third kappa shape index (κ3) is 2.38. The van der Waals surface area contributed by atoms with E-state index >= 15 is 0 Å². The first-order valence-corrected chi connectivity index (χ1v) is 6.62. The third-order valence-electron chi connectivity index (χ3n) is 3.51. The van der Waals surface area contributed by atoms with Crippen molar-refractivity contribution in [3.05, 3.63) is 83.8 Å². The molecule has 0 spiro atoms. The zero-order valence-electron chi connectivity index (χ0n) is 11.3. The van der Waals surface area contributed by atoms with Crippen LogP contribution in [0.2, 0.25) is 0 Å². The zero-order chi connectivity index (χ0) is 13.9. The summed E-state index contributed by atoms with van der Waals surface area (Å²) >= 11 is 0. The molecule has 1 N–H and O–H groups in total. The molecule has 1 aromatic heterocycles. The number of rotatable bonds is 3.